The molecule has 0 bridgehead atoms. The van der Waals surface area contributed by atoms with Crippen LogP contribution in [0.5, 0.6) is 5.75 Å². The first-order valence-corrected chi connectivity index (χ1v) is 7.83. The summed E-state index contributed by atoms with van der Waals surface area (Å²) in [5, 5.41) is 9.38. The molecule has 0 saturated carbocycles. The zero-order valence-corrected chi connectivity index (χ0v) is 13.7. The van der Waals surface area contributed by atoms with Gasteiger partial charge in [-0.2, -0.15) is 0 Å². The molecule has 22 heavy (non-hydrogen) atoms. The molecule has 1 N–H and O–H groups in total. The molecule has 1 aromatic carbocycles. The lowest BCUT2D eigenvalue weighted by atomic mass is 10.1. The lowest BCUT2D eigenvalue weighted by molar-refractivity contribution is -0.140. The summed E-state index contributed by atoms with van der Waals surface area (Å²) >= 11 is 11.5. The minimum Gasteiger partial charge on any atom is -0.505 e. The van der Waals surface area contributed by atoms with Gasteiger partial charge >= 0.3 is 5.97 Å². The number of hydrogen-bond donors (Lipinski definition) is 1. The molecule has 1 aliphatic heterocycles. The first kappa shape index (κ1) is 16.9. The SMILES string of the molecule is C[C@@H](OC(=O)c1cc(Cl)c(O)c(Cl)c1)C(=O)N1CCCCC1. The highest BCUT2D eigenvalue weighted by Gasteiger charge is 2.26. The van der Waals surface area contributed by atoms with Crippen LogP contribution in [0.1, 0.15) is 36.5 Å². The Balaban J connectivity index is 2.03. The van der Waals surface area contributed by atoms with Gasteiger partial charge in [-0.05, 0) is 38.3 Å². The summed E-state index contributed by atoms with van der Waals surface area (Å²) in [6.07, 6.45) is 2.17. The van der Waals surface area contributed by atoms with E-state index in [9.17, 15) is 14.7 Å². The lowest BCUT2D eigenvalue weighted by Gasteiger charge is -2.28. The molecular formula is C15H17Cl2NO4. The second-order valence-electron chi connectivity index (χ2n) is 5.22. The number of hydrogen-bond acceptors (Lipinski definition) is 4. The molecule has 1 aliphatic rings. The number of esters is 1. The monoisotopic (exact) mass is 345 g/mol. The predicted octanol–water partition coefficient (Wildman–Crippen LogP) is 3.26. The average molecular weight is 346 g/mol. The number of phenolic OH excluding ortho intramolecular Hbond substituents is 1. The van der Waals surface area contributed by atoms with Crippen LogP contribution < -0.4 is 0 Å². The van der Waals surface area contributed by atoms with E-state index in [1.807, 2.05) is 0 Å². The number of carbonyl (C=O) groups excluding carboxylic acids is 2. The summed E-state index contributed by atoms with van der Waals surface area (Å²) < 4.78 is 5.17. The molecule has 1 aromatic rings. The molecule has 1 fully saturated rings. The van der Waals surface area contributed by atoms with Gasteiger partial charge < -0.3 is 14.7 Å². The van der Waals surface area contributed by atoms with Crippen LogP contribution in [0.25, 0.3) is 0 Å². The van der Waals surface area contributed by atoms with Crippen LogP contribution in [0, 0.1) is 0 Å². The summed E-state index contributed by atoms with van der Waals surface area (Å²) in [6.45, 7) is 2.92. The highest BCUT2D eigenvalue weighted by atomic mass is 35.5. The Bertz CT molecular complexity index is 562. The maximum atomic E-state index is 12.2. The Kier molecular flexibility index (Phi) is 5.53. The molecule has 120 valence electrons. The normalized spacial score (nSPS) is 16.2. The van der Waals surface area contributed by atoms with Crippen molar-refractivity contribution in [2.75, 3.05) is 13.1 Å². The second kappa shape index (κ2) is 7.20. The fraction of sp³-hybridized carbons (Fsp3) is 0.467. The summed E-state index contributed by atoms with van der Waals surface area (Å²) in [5.41, 5.74) is 0.0890. The highest BCUT2D eigenvalue weighted by molar-refractivity contribution is 6.37. The summed E-state index contributed by atoms with van der Waals surface area (Å²) in [7, 11) is 0. The Morgan fingerprint density at radius 1 is 1.18 bits per heavy atom. The zero-order valence-electron chi connectivity index (χ0n) is 12.1. The number of ether oxygens (including phenoxy) is 1. The molecule has 7 heteroatoms. The standard InChI is InChI=1S/C15H17Cl2NO4/c1-9(14(20)18-5-3-2-4-6-18)22-15(21)10-7-11(16)13(19)12(17)8-10/h7-9,19H,2-6H2,1H3/t9-/m1/s1. The van der Waals surface area contributed by atoms with Crippen molar-refractivity contribution in [2.45, 2.75) is 32.3 Å². The first-order valence-electron chi connectivity index (χ1n) is 7.08. The fourth-order valence-corrected chi connectivity index (χ4v) is 2.82. The van der Waals surface area contributed by atoms with Gasteiger partial charge in [-0.3, -0.25) is 4.79 Å². The largest absolute Gasteiger partial charge is 0.505 e. The van der Waals surface area contributed by atoms with Crippen molar-refractivity contribution in [1.82, 2.24) is 4.90 Å². The zero-order chi connectivity index (χ0) is 16.3. The molecule has 1 heterocycles. The van der Waals surface area contributed by atoms with Crippen molar-refractivity contribution < 1.29 is 19.4 Å². The Labute approximate surface area is 138 Å². The molecule has 2 rings (SSSR count). The van der Waals surface area contributed by atoms with Crippen molar-refractivity contribution in [3.63, 3.8) is 0 Å². The molecule has 0 aliphatic carbocycles. The Hall–Kier alpha value is -1.46. The van der Waals surface area contributed by atoms with Gasteiger partial charge in [0.1, 0.15) is 0 Å². The summed E-state index contributed by atoms with van der Waals surface area (Å²) in [5.74, 6) is -1.21. The van der Waals surface area contributed by atoms with Crippen molar-refractivity contribution in [3.05, 3.63) is 27.7 Å². The van der Waals surface area contributed by atoms with Crippen LogP contribution in [0.4, 0.5) is 0 Å². The molecular weight excluding hydrogens is 329 g/mol. The molecule has 1 atom stereocenters. The fourth-order valence-electron chi connectivity index (χ4n) is 2.33. The topological polar surface area (TPSA) is 66.8 Å². The Morgan fingerprint density at radius 3 is 2.27 bits per heavy atom. The average Bonchev–Trinajstić information content (AvgIpc) is 2.52. The van der Waals surface area contributed by atoms with Crippen LogP contribution >= 0.6 is 23.2 Å². The minimum atomic E-state index is -0.878. The number of benzene rings is 1. The molecule has 1 saturated heterocycles. The van der Waals surface area contributed by atoms with Gasteiger partial charge in [-0.1, -0.05) is 23.2 Å². The van der Waals surface area contributed by atoms with Crippen LogP contribution in [-0.2, 0) is 9.53 Å². The van der Waals surface area contributed by atoms with E-state index in [1.165, 1.54) is 12.1 Å². The third-order valence-electron chi connectivity index (χ3n) is 3.55. The molecule has 0 spiro atoms. The molecule has 0 aromatic heterocycles. The number of amides is 1. The number of carbonyl (C=O) groups is 2. The number of piperidine rings is 1. The number of halogens is 2. The predicted molar refractivity (Wildman–Crippen MR) is 83.4 cm³/mol. The van der Waals surface area contributed by atoms with Crippen LogP contribution in [0.3, 0.4) is 0 Å². The van der Waals surface area contributed by atoms with Gasteiger partial charge in [0.15, 0.2) is 11.9 Å². The maximum Gasteiger partial charge on any atom is 0.339 e. The van der Waals surface area contributed by atoms with E-state index >= 15 is 0 Å². The van der Waals surface area contributed by atoms with Gasteiger partial charge in [0.05, 0.1) is 15.6 Å². The minimum absolute atomic E-state index is 0.0468. The van der Waals surface area contributed by atoms with Gasteiger partial charge in [-0.15, -0.1) is 0 Å². The van der Waals surface area contributed by atoms with Crippen molar-refractivity contribution in [3.8, 4) is 5.75 Å². The number of likely N-dealkylation sites (tertiary alicyclic amines) is 1. The number of rotatable bonds is 3. The summed E-state index contributed by atoms with van der Waals surface area (Å²) in [6, 6.07) is 2.51. The second-order valence-corrected chi connectivity index (χ2v) is 6.04. The quantitative estimate of drug-likeness (QED) is 0.853. The highest BCUT2D eigenvalue weighted by Crippen LogP contribution is 2.33. The van der Waals surface area contributed by atoms with E-state index in [1.54, 1.807) is 11.8 Å². The first-order chi connectivity index (χ1) is 10.4. The molecule has 5 nitrogen and oxygen atoms in total. The van der Waals surface area contributed by atoms with Crippen molar-refractivity contribution in [2.24, 2.45) is 0 Å². The third-order valence-corrected chi connectivity index (χ3v) is 4.13. The van der Waals surface area contributed by atoms with Gasteiger partial charge in [0, 0.05) is 13.1 Å². The molecule has 0 radical (unpaired) electrons. The van der Waals surface area contributed by atoms with Crippen LogP contribution in [-0.4, -0.2) is 41.1 Å². The van der Waals surface area contributed by atoms with E-state index in [0.717, 1.165) is 19.3 Å². The van der Waals surface area contributed by atoms with Crippen LogP contribution in [0.2, 0.25) is 10.0 Å². The number of nitrogens with zero attached hydrogens (tertiary/aromatic N) is 1. The molecule has 0 unspecified atom stereocenters. The number of phenols is 1. The van der Waals surface area contributed by atoms with Crippen LogP contribution in [0.15, 0.2) is 12.1 Å². The smallest absolute Gasteiger partial charge is 0.339 e. The maximum absolute atomic E-state index is 12.2. The van der Waals surface area contributed by atoms with Gasteiger partial charge in [0.2, 0.25) is 0 Å². The van der Waals surface area contributed by atoms with E-state index < -0.39 is 12.1 Å². The summed E-state index contributed by atoms with van der Waals surface area (Å²) in [4.78, 5) is 26.0. The van der Waals surface area contributed by atoms with Gasteiger partial charge in [0.25, 0.3) is 5.91 Å². The van der Waals surface area contributed by atoms with Gasteiger partial charge in [-0.25, -0.2) is 4.79 Å². The third kappa shape index (κ3) is 3.84. The van der Waals surface area contributed by atoms with E-state index in [4.69, 9.17) is 27.9 Å². The number of aromatic hydroxyl groups is 1. The van der Waals surface area contributed by atoms with E-state index in [0.29, 0.717) is 13.1 Å². The molecule has 1 amide bonds. The lowest BCUT2D eigenvalue weighted by Crippen LogP contribution is -2.42. The van der Waals surface area contributed by atoms with E-state index in [2.05, 4.69) is 0 Å². The Morgan fingerprint density at radius 2 is 1.73 bits per heavy atom. The van der Waals surface area contributed by atoms with Crippen molar-refractivity contribution >= 4 is 35.1 Å². The van der Waals surface area contributed by atoms with E-state index in [-0.39, 0.29) is 27.3 Å². The van der Waals surface area contributed by atoms with Crippen molar-refractivity contribution in [1.29, 1.82) is 0 Å².